The summed E-state index contributed by atoms with van der Waals surface area (Å²) in [6, 6.07) is 6.62. The summed E-state index contributed by atoms with van der Waals surface area (Å²) in [5.41, 5.74) is 1.02. The zero-order valence-corrected chi connectivity index (χ0v) is 18.5. The van der Waals surface area contributed by atoms with Gasteiger partial charge < -0.3 is 27.5 Å². The van der Waals surface area contributed by atoms with Crippen molar-refractivity contribution in [2.75, 3.05) is 27.9 Å². The first kappa shape index (κ1) is 22.2. The molecule has 0 aliphatic carbocycles. The van der Waals surface area contributed by atoms with Crippen molar-refractivity contribution in [1.82, 2.24) is 0 Å². The molecule has 1 atom stereocenters. The number of hydrogen-bond acceptors (Lipinski definition) is 6. The van der Waals surface area contributed by atoms with Crippen molar-refractivity contribution in [3.8, 4) is 11.5 Å². The van der Waals surface area contributed by atoms with Crippen LogP contribution in [-0.4, -0.2) is 42.5 Å². The van der Waals surface area contributed by atoms with E-state index in [2.05, 4.69) is 13.8 Å². The summed E-state index contributed by atoms with van der Waals surface area (Å²) in [4.78, 5) is 0. The van der Waals surface area contributed by atoms with E-state index in [1.54, 1.807) is 21.3 Å². The van der Waals surface area contributed by atoms with Crippen LogP contribution in [0.5, 0.6) is 11.5 Å². The molecule has 1 unspecified atom stereocenters. The minimum Gasteiger partial charge on any atom is -0.494 e. The van der Waals surface area contributed by atoms with Gasteiger partial charge in [-0.15, -0.1) is 0 Å². The molecule has 0 fully saturated rings. The van der Waals surface area contributed by atoms with E-state index in [9.17, 15) is 0 Å². The fourth-order valence-corrected chi connectivity index (χ4v) is 4.75. The van der Waals surface area contributed by atoms with Gasteiger partial charge in [-0.05, 0) is 37.0 Å². The van der Waals surface area contributed by atoms with Gasteiger partial charge in [0.25, 0.3) is 0 Å². The molecule has 1 aliphatic rings. The molecule has 7 heteroatoms. The van der Waals surface area contributed by atoms with E-state index < -0.39 is 14.6 Å². The lowest BCUT2D eigenvalue weighted by atomic mass is 10.0. The molecule has 6 nitrogen and oxygen atoms in total. The van der Waals surface area contributed by atoms with Gasteiger partial charge in [0.05, 0.1) is 13.2 Å². The van der Waals surface area contributed by atoms with Gasteiger partial charge in [-0.25, -0.2) is 0 Å². The molecule has 0 saturated carbocycles. The average Bonchev–Trinajstić information content (AvgIpc) is 2.67. The zero-order valence-electron chi connectivity index (χ0n) is 17.5. The standard InChI is InChI=1S/C20H34O6Si/c1-16(2)10-11-20(3)25-15-17-14-18(8-9-19(17)26-20)24-12-7-13-27(21-4,22-5)23-6/h8-9,14,16H,7,10-13,15H2,1-6H3. The summed E-state index contributed by atoms with van der Waals surface area (Å²) < 4.78 is 34.3. The molecule has 0 bridgehead atoms. The molecule has 154 valence electrons. The number of hydrogen-bond donors (Lipinski definition) is 0. The highest BCUT2D eigenvalue weighted by Crippen LogP contribution is 2.36. The molecule has 1 aromatic rings. The maximum absolute atomic E-state index is 6.12. The Morgan fingerprint density at radius 1 is 1.15 bits per heavy atom. The van der Waals surface area contributed by atoms with Crippen LogP contribution in [0.2, 0.25) is 6.04 Å². The van der Waals surface area contributed by atoms with Crippen molar-refractivity contribution >= 4 is 8.80 Å². The molecule has 0 N–H and O–H groups in total. The van der Waals surface area contributed by atoms with Crippen molar-refractivity contribution in [2.45, 2.75) is 58.5 Å². The highest BCUT2D eigenvalue weighted by atomic mass is 28.4. The van der Waals surface area contributed by atoms with E-state index in [1.807, 2.05) is 25.1 Å². The molecule has 2 rings (SSSR count). The fraction of sp³-hybridized carbons (Fsp3) is 0.700. The normalized spacial score (nSPS) is 19.7. The van der Waals surface area contributed by atoms with E-state index in [1.165, 1.54) is 0 Å². The lowest BCUT2D eigenvalue weighted by Gasteiger charge is -2.36. The topological polar surface area (TPSA) is 55.4 Å². The van der Waals surface area contributed by atoms with E-state index in [0.717, 1.165) is 36.3 Å². The number of fused-ring (bicyclic) bond motifs is 1. The van der Waals surface area contributed by atoms with Crippen molar-refractivity contribution in [2.24, 2.45) is 5.92 Å². The molecular weight excluding hydrogens is 364 g/mol. The smallest absolute Gasteiger partial charge is 0.494 e. The van der Waals surface area contributed by atoms with Gasteiger partial charge in [-0.2, -0.15) is 0 Å². The Kier molecular flexibility index (Phi) is 8.12. The highest BCUT2D eigenvalue weighted by molar-refractivity contribution is 6.60. The Balaban J connectivity index is 1.87. The number of rotatable bonds is 11. The summed E-state index contributed by atoms with van der Waals surface area (Å²) in [6.45, 7) is 7.54. The maximum Gasteiger partial charge on any atom is 0.500 e. The molecule has 0 spiro atoms. The minimum absolute atomic E-state index is 0.536. The van der Waals surface area contributed by atoms with Crippen molar-refractivity contribution in [1.29, 1.82) is 0 Å². The van der Waals surface area contributed by atoms with Gasteiger partial charge >= 0.3 is 8.80 Å². The molecule has 1 aliphatic heterocycles. The summed E-state index contributed by atoms with van der Waals surface area (Å²) >= 11 is 0. The monoisotopic (exact) mass is 398 g/mol. The number of ether oxygens (including phenoxy) is 3. The van der Waals surface area contributed by atoms with Crippen LogP contribution in [0.4, 0.5) is 0 Å². The average molecular weight is 399 g/mol. The molecule has 0 radical (unpaired) electrons. The van der Waals surface area contributed by atoms with Crippen LogP contribution < -0.4 is 9.47 Å². The Labute approximate surface area is 164 Å². The third-order valence-corrected chi connectivity index (χ3v) is 7.73. The second-order valence-electron chi connectivity index (χ2n) is 7.47. The summed E-state index contributed by atoms with van der Waals surface area (Å²) in [5, 5.41) is 0. The van der Waals surface area contributed by atoms with Crippen LogP contribution in [0.1, 0.15) is 45.6 Å². The van der Waals surface area contributed by atoms with Crippen LogP contribution >= 0.6 is 0 Å². The van der Waals surface area contributed by atoms with Crippen LogP contribution in [0.3, 0.4) is 0 Å². The van der Waals surface area contributed by atoms with Gasteiger partial charge in [0, 0.05) is 46.3 Å². The molecule has 1 aromatic carbocycles. The molecule has 0 amide bonds. The van der Waals surface area contributed by atoms with Crippen molar-refractivity contribution in [3.63, 3.8) is 0 Å². The van der Waals surface area contributed by atoms with Gasteiger partial charge in [-0.3, -0.25) is 0 Å². The first-order valence-corrected chi connectivity index (χ1v) is 11.5. The van der Waals surface area contributed by atoms with E-state index in [4.69, 9.17) is 27.5 Å². The Morgan fingerprint density at radius 3 is 2.48 bits per heavy atom. The molecular formula is C20H34O6Si. The van der Waals surface area contributed by atoms with Crippen molar-refractivity contribution < 1.29 is 27.5 Å². The Hall–Kier alpha value is -1.12. The lowest BCUT2D eigenvalue weighted by Crippen LogP contribution is -2.42. The second kappa shape index (κ2) is 9.89. The van der Waals surface area contributed by atoms with Gasteiger partial charge in [0.15, 0.2) is 0 Å². The first-order valence-electron chi connectivity index (χ1n) is 9.59. The molecule has 0 saturated heterocycles. The third-order valence-electron chi connectivity index (χ3n) is 4.90. The summed E-state index contributed by atoms with van der Waals surface area (Å²) in [5.74, 6) is 1.77. The van der Waals surface area contributed by atoms with Crippen LogP contribution in [0.15, 0.2) is 18.2 Å². The zero-order chi connectivity index (χ0) is 19.9. The van der Waals surface area contributed by atoms with Crippen LogP contribution in [0.25, 0.3) is 0 Å². The largest absolute Gasteiger partial charge is 0.500 e. The van der Waals surface area contributed by atoms with Gasteiger partial charge in [-0.1, -0.05) is 13.8 Å². The SMILES string of the molecule is CO[Si](CCCOc1ccc2c(c1)COC(C)(CCC(C)C)O2)(OC)OC. The quantitative estimate of drug-likeness (QED) is 0.407. The van der Waals surface area contributed by atoms with E-state index in [0.29, 0.717) is 25.2 Å². The highest BCUT2D eigenvalue weighted by Gasteiger charge is 2.37. The fourth-order valence-electron chi connectivity index (χ4n) is 3.06. The van der Waals surface area contributed by atoms with Crippen LogP contribution in [-0.2, 0) is 24.6 Å². The predicted octanol–water partition coefficient (Wildman–Crippen LogP) is 4.40. The second-order valence-corrected chi connectivity index (χ2v) is 10.6. The molecule has 27 heavy (non-hydrogen) atoms. The Morgan fingerprint density at radius 2 is 1.85 bits per heavy atom. The van der Waals surface area contributed by atoms with E-state index >= 15 is 0 Å². The number of benzene rings is 1. The maximum atomic E-state index is 6.12. The summed E-state index contributed by atoms with van der Waals surface area (Å²) in [7, 11) is 2.34. The minimum atomic E-state index is -2.53. The molecule has 1 heterocycles. The lowest BCUT2D eigenvalue weighted by molar-refractivity contribution is -0.199. The van der Waals surface area contributed by atoms with E-state index in [-0.39, 0.29) is 0 Å². The third kappa shape index (κ3) is 6.19. The first-order chi connectivity index (χ1) is 12.9. The predicted molar refractivity (Wildman–Crippen MR) is 106 cm³/mol. The van der Waals surface area contributed by atoms with Gasteiger partial charge in [0.1, 0.15) is 11.5 Å². The summed E-state index contributed by atoms with van der Waals surface area (Å²) in [6.07, 6.45) is 2.74. The molecule has 0 aromatic heterocycles. The van der Waals surface area contributed by atoms with Crippen molar-refractivity contribution in [3.05, 3.63) is 23.8 Å². The van der Waals surface area contributed by atoms with Crippen LogP contribution in [0, 0.1) is 5.92 Å². The Bertz CT molecular complexity index is 582. The van der Waals surface area contributed by atoms with Gasteiger partial charge in [0.2, 0.25) is 5.79 Å².